The molecule has 0 atom stereocenters. The lowest BCUT2D eigenvalue weighted by atomic mass is 10.5. The van der Waals surface area contributed by atoms with Crippen LogP contribution in [-0.2, 0) is 20.8 Å². The summed E-state index contributed by atoms with van der Waals surface area (Å²) in [6.07, 6.45) is 0.897. The Hall–Kier alpha value is -0.800. The Morgan fingerprint density at radius 1 is 1.24 bits per heavy atom. The first-order valence-electron chi connectivity index (χ1n) is 5.30. The van der Waals surface area contributed by atoms with Gasteiger partial charge in [-0.05, 0) is 6.42 Å². The monoisotopic (exact) mass is 262 g/mol. The summed E-state index contributed by atoms with van der Waals surface area (Å²) >= 11 is 1.20. The Balaban J connectivity index is 1.97. The molecule has 1 aromatic heterocycles. The molecule has 8 heteroatoms. The summed E-state index contributed by atoms with van der Waals surface area (Å²) in [4.78, 5) is 0. The van der Waals surface area contributed by atoms with Crippen LogP contribution in [0.3, 0.4) is 0 Å². The van der Waals surface area contributed by atoms with E-state index < -0.39 is 0 Å². The molecule has 7 nitrogen and oxygen atoms in total. The van der Waals surface area contributed by atoms with Crippen molar-refractivity contribution < 1.29 is 14.2 Å². The summed E-state index contributed by atoms with van der Waals surface area (Å²) in [5.74, 6) is 5.28. The van der Waals surface area contributed by atoms with Crippen LogP contribution in [-0.4, -0.2) is 43.1 Å². The van der Waals surface area contributed by atoms with Crippen molar-refractivity contribution in [3.63, 3.8) is 0 Å². The van der Waals surface area contributed by atoms with Crippen molar-refractivity contribution in [3.05, 3.63) is 5.69 Å². The second-order valence-corrected chi connectivity index (χ2v) is 3.96. The SMILES string of the molecule is COCCCOCCOCc1nnsc1NN. The maximum absolute atomic E-state index is 5.38. The summed E-state index contributed by atoms with van der Waals surface area (Å²) in [5, 5.41) is 4.62. The van der Waals surface area contributed by atoms with Gasteiger partial charge in [0.25, 0.3) is 0 Å². The zero-order valence-corrected chi connectivity index (χ0v) is 10.7. The summed E-state index contributed by atoms with van der Waals surface area (Å²) < 4.78 is 19.4. The van der Waals surface area contributed by atoms with E-state index in [1.807, 2.05) is 0 Å². The lowest BCUT2D eigenvalue weighted by molar-refractivity contribution is 0.0329. The maximum Gasteiger partial charge on any atom is 0.149 e. The average molecular weight is 262 g/mol. The molecule has 0 unspecified atom stereocenters. The molecule has 1 aromatic rings. The van der Waals surface area contributed by atoms with E-state index >= 15 is 0 Å². The van der Waals surface area contributed by atoms with Crippen molar-refractivity contribution >= 4 is 16.5 Å². The third-order valence-electron chi connectivity index (χ3n) is 1.93. The molecule has 3 N–H and O–H groups in total. The first-order chi connectivity index (χ1) is 8.38. The van der Waals surface area contributed by atoms with Gasteiger partial charge in [-0.25, -0.2) is 5.84 Å². The zero-order valence-electron chi connectivity index (χ0n) is 9.85. The van der Waals surface area contributed by atoms with Gasteiger partial charge in [0.05, 0.1) is 19.8 Å². The molecule has 0 fully saturated rings. The van der Waals surface area contributed by atoms with Crippen LogP contribution in [0.25, 0.3) is 0 Å². The standard InChI is InChI=1S/C9H18N4O3S/c1-14-3-2-4-15-5-6-16-7-8-9(11-10)17-13-12-8/h11H,2-7,10H2,1H3. The second-order valence-electron chi connectivity index (χ2n) is 3.20. The number of nitrogens with two attached hydrogens (primary N) is 1. The third kappa shape index (κ3) is 5.89. The van der Waals surface area contributed by atoms with E-state index in [-0.39, 0.29) is 0 Å². The number of nitrogens with zero attached hydrogens (tertiary/aromatic N) is 2. The average Bonchev–Trinajstić information content (AvgIpc) is 2.80. The van der Waals surface area contributed by atoms with Gasteiger partial charge in [-0.15, -0.1) is 5.10 Å². The number of ether oxygens (including phenoxy) is 3. The smallest absolute Gasteiger partial charge is 0.149 e. The fourth-order valence-electron chi connectivity index (χ4n) is 1.11. The lowest BCUT2D eigenvalue weighted by Gasteiger charge is -2.05. The Labute approximate surface area is 104 Å². The Kier molecular flexibility index (Phi) is 7.76. The van der Waals surface area contributed by atoms with Crippen LogP contribution in [0.1, 0.15) is 12.1 Å². The van der Waals surface area contributed by atoms with Crippen molar-refractivity contribution in [1.82, 2.24) is 9.59 Å². The largest absolute Gasteiger partial charge is 0.385 e. The minimum absolute atomic E-state index is 0.386. The van der Waals surface area contributed by atoms with E-state index in [2.05, 4.69) is 15.0 Å². The summed E-state index contributed by atoms with van der Waals surface area (Å²) in [7, 11) is 1.67. The van der Waals surface area contributed by atoms with Crippen molar-refractivity contribution in [2.75, 3.05) is 39.0 Å². The first kappa shape index (κ1) is 14.3. The molecular formula is C9H18N4O3S. The number of rotatable bonds is 10. The topological polar surface area (TPSA) is 91.5 Å². The molecule has 0 radical (unpaired) electrons. The van der Waals surface area contributed by atoms with Crippen molar-refractivity contribution in [2.24, 2.45) is 5.84 Å². The summed E-state index contributed by atoms with van der Waals surface area (Å²) in [5.41, 5.74) is 3.24. The van der Waals surface area contributed by atoms with E-state index in [0.29, 0.717) is 26.4 Å². The Morgan fingerprint density at radius 3 is 2.82 bits per heavy atom. The van der Waals surface area contributed by atoms with Crippen LogP contribution in [0.4, 0.5) is 5.00 Å². The number of hydrogen-bond acceptors (Lipinski definition) is 8. The molecular weight excluding hydrogens is 244 g/mol. The van der Waals surface area contributed by atoms with Gasteiger partial charge in [-0.2, -0.15) is 0 Å². The molecule has 0 aromatic carbocycles. The van der Waals surface area contributed by atoms with Crippen molar-refractivity contribution in [1.29, 1.82) is 0 Å². The molecule has 1 heterocycles. The third-order valence-corrected chi connectivity index (χ3v) is 2.63. The summed E-state index contributed by atoms with van der Waals surface area (Å²) in [6, 6.07) is 0. The second kappa shape index (κ2) is 9.25. The van der Waals surface area contributed by atoms with Crippen LogP contribution in [0.2, 0.25) is 0 Å². The van der Waals surface area contributed by atoms with Gasteiger partial charge in [-0.1, -0.05) is 4.49 Å². The van der Waals surface area contributed by atoms with Gasteiger partial charge in [0.1, 0.15) is 10.7 Å². The molecule has 0 saturated carbocycles. The van der Waals surface area contributed by atoms with E-state index in [9.17, 15) is 0 Å². The molecule has 0 aliphatic heterocycles. The summed E-state index contributed by atoms with van der Waals surface area (Å²) in [6.45, 7) is 2.88. The maximum atomic E-state index is 5.38. The van der Waals surface area contributed by atoms with Crippen molar-refractivity contribution in [2.45, 2.75) is 13.0 Å². The van der Waals surface area contributed by atoms with E-state index in [0.717, 1.165) is 23.7 Å². The first-order valence-corrected chi connectivity index (χ1v) is 6.08. The van der Waals surface area contributed by atoms with Gasteiger partial charge < -0.3 is 19.6 Å². The normalized spacial score (nSPS) is 10.7. The molecule has 98 valence electrons. The van der Waals surface area contributed by atoms with Gasteiger partial charge in [0.15, 0.2) is 0 Å². The lowest BCUT2D eigenvalue weighted by Crippen LogP contribution is -2.10. The highest BCUT2D eigenvalue weighted by Crippen LogP contribution is 2.16. The molecule has 1 rings (SSSR count). The number of aromatic nitrogens is 2. The number of nitrogen functional groups attached to an aromatic ring is 1. The fraction of sp³-hybridized carbons (Fsp3) is 0.778. The number of hydrogen-bond donors (Lipinski definition) is 2. The van der Waals surface area contributed by atoms with Crippen LogP contribution in [0, 0.1) is 0 Å². The Morgan fingerprint density at radius 2 is 2.06 bits per heavy atom. The number of anilines is 1. The molecule has 0 saturated heterocycles. The van der Waals surface area contributed by atoms with E-state index in [1.165, 1.54) is 11.5 Å². The van der Waals surface area contributed by atoms with Crippen molar-refractivity contribution in [3.8, 4) is 0 Å². The van der Waals surface area contributed by atoms with Gasteiger partial charge in [0.2, 0.25) is 0 Å². The quantitative estimate of drug-likeness (QED) is 0.358. The van der Waals surface area contributed by atoms with Crippen LogP contribution in [0.5, 0.6) is 0 Å². The molecule has 0 amide bonds. The van der Waals surface area contributed by atoms with Gasteiger partial charge >= 0.3 is 0 Å². The molecule has 0 spiro atoms. The van der Waals surface area contributed by atoms with Crippen LogP contribution < -0.4 is 11.3 Å². The minimum Gasteiger partial charge on any atom is -0.385 e. The number of nitrogens with one attached hydrogen (secondary N) is 1. The van der Waals surface area contributed by atoms with Crippen LogP contribution in [0.15, 0.2) is 0 Å². The molecule has 0 aliphatic carbocycles. The highest BCUT2D eigenvalue weighted by Gasteiger charge is 2.05. The van der Waals surface area contributed by atoms with E-state index in [4.69, 9.17) is 20.1 Å². The highest BCUT2D eigenvalue weighted by molar-refractivity contribution is 7.10. The molecule has 0 aliphatic rings. The minimum atomic E-state index is 0.386. The highest BCUT2D eigenvalue weighted by atomic mass is 32.1. The molecule has 17 heavy (non-hydrogen) atoms. The number of hydrazine groups is 1. The van der Waals surface area contributed by atoms with E-state index in [1.54, 1.807) is 7.11 Å². The predicted octanol–water partition coefficient (Wildman–Crippen LogP) is 0.393. The van der Waals surface area contributed by atoms with Gasteiger partial charge in [-0.3, -0.25) is 0 Å². The van der Waals surface area contributed by atoms with Gasteiger partial charge in [0, 0.05) is 31.9 Å². The fourth-order valence-corrected chi connectivity index (χ4v) is 1.59. The molecule has 0 bridgehead atoms. The zero-order chi connectivity index (χ0) is 12.3. The Bertz CT molecular complexity index is 298. The predicted molar refractivity (Wildman–Crippen MR) is 64.7 cm³/mol. The van der Waals surface area contributed by atoms with Crippen LogP contribution >= 0.6 is 11.5 Å². The number of methoxy groups -OCH3 is 1.